The number of carbonyl (C=O) groups is 2. The minimum atomic E-state index is -0.507. The Labute approximate surface area is 142 Å². The van der Waals surface area contributed by atoms with Gasteiger partial charge in [-0.1, -0.05) is 23.8 Å². The van der Waals surface area contributed by atoms with Gasteiger partial charge in [-0.05, 0) is 31.9 Å². The Morgan fingerprint density at radius 2 is 1.58 bits per heavy atom. The molecule has 5 nitrogen and oxygen atoms in total. The van der Waals surface area contributed by atoms with Crippen LogP contribution < -0.4 is 0 Å². The summed E-state index contributed by atoms with van der Waals surface area (Å²) in [5.41, 5.74) is 3.81. The van der Waals surface area contributed by atoms with Crippen LogP contribution in [0.1, 0.15) is 29.5 Å². The Bertz CT molecular complexity index is 684. The number of nitrogens with zero attached hydrogens (tertiary/aromatic N) is 1. The highest BCUT2D eigenvalue weighted by Crippen LogP contribution is 2.38. The molecule has 0 fully saturated rings. The SMILES string of the molecule is CCN1C=C(C(=O)OC)C(c2cc(C)ccc2C)C(C(=O)OC)=C1. The van der Waals surface area contributed by atoms with Crippen molar-refractivity contribution in [1.82, 2.24) is 4.90 Å². The van der Waals surface area contributed by atoms with E-state index < -0.39 is 17.9 Å². The molecule has 1 aliphatic heterocycles. The Hall–Kier alpha value is -2.56. The summed E-state index contributed by atoms with van der Waals surface area (Å²) in [6, 6.07) is 5.99. The molecule has 1 heterocycles. The number of hydrogen-bond donors (Lipinski definition) is 0. The summed E-state index contributed by atoms with van der Waals surface area (Å²) < 4.78 is 9.91. The Morgan fingerprint density at radius 3 is 2.04 bits per heavy atom. The summed E-state index contributed by atoms with van der Waals surface area (Å²) in [4.78, 5) is 26.5. The van der Waals surface area contributed by atoms with Crippen LogP contribution in [0.3, 0.4) is 0 Å². The van der Waals surface area contributed by atoms with E-state index in [1.54, 1.807) is 17.3 Å². The molecule has 0 aliphatic carbocycles. The van der Waals surface area contributed by atoms with Crippen LogP contribution in [0.4, 0.5) is 0 Å². The van der Waals surface area contributed by atoms with Gasteiger partial charge in [-0.15, -0.1) is 0 Å². The number of carbonyl (C=O) groups excluding carboxylic acids is 2. The second-order valence-electron chi connectivity index (χ2n) is 5.78. The first-order valence-electron chi connectivity index (χ1n) is 7.85. The summed E-state index contributed by atoms with van der Waals surface area (Å²) >= 11 is 0. The van der Waals surface area contributed by atoms with Crippen LogP contribution in [0, 0.1) is 13.8 Å². The molecule has 1 aromatic carbocycles. The normalized spacial score (nSPS) is 14.8. The largest absolute Gasteiger partial charge is 0.466 e. The van der Waals surface area contributed by atoms with Crippen LogP contribution in [0.15, 0.2) is 41.7 Å². The van der Waals surface area contributed by atoms with Gasteiger partial charge in [-0.3, -0.25) is 0 Å². The molecule has 1 aromatic rings. The molecule has 0 radical (unpaired) electrons. The fourth-order valence-electron chi connectivity index (χ4n) is 2.88. The van der Waals surface area contributed by atoms with Crippen molar-refractivity contribution < 1.29 is 19.1 Å². The lowest BCUT2D eigenvalue weighted by atomic mass is 9.81. The number of hydrogen-bond acceptors (Lipinski definition) is 5. The molecule has 1 aliphatic rings. The van der Waals surface area contributed by atoms with E-state index in [0.29, 0.717) is 17.7 Å². The fourth-order valence-corrected chi connectivity index (χ4v) is 2.88. The van der Waals surface area contributed by atoms with Gasteiger partial charge >= 0.3 is 11.9 Å². The van der Waals surface area contributed by atoms with E-state index >= 15 is 0 Å². The summed E-state index contributed by atoms with van der Waals surface area (Å²) in [6.45, 7) is 6.51. The van der Waals surface area contributed by atoms with Crippen molar-refractivity contribution in [1.29, 1.82) is 0 Å². The second-order valence-corrected chi connectivity index (χ2v) is 5.78. The molecule has 0 spiro atoms. The van der Waals surface area contributed by atoms with E-state index in [-0.39, 0.29) is 0 Å². The predicted octanol–water partition coefficient (Wildman–Crippen LogP) is 2.84. The van der Waals surface area contributed by atoms with E-state index in [1.807, 2.05) is 39.0 Å². The first kappa shape index (κ1) is 17.8. The zero-order valence-electron chi connectivity index (χ0n) is 14.8. The highest BCUT2D eigenvalue weighted by atomic mass is 16.5. The minimum absolute atomic E-state index is 0.427. The van der Waals surface area contributed by atoms with Crippen LogP contribution in [-0.2, 0) is 19.1 Å². The van der Waals surface area contributed by atoms with Gasteiger partial charge in [0.05, 0.1) is 31.3 Å². The molecule has 0 N–H and O–H groups in total. The standard InChI is InChI=1S/C19H23NO4/c1-6-20-10-15(18(21)23-4)17(16(11-20)19(22)24-5)14-9-12(2)7-8-13(14)3/h7-11,17H,6H2,1-5H3. The van der Waals surface area contributed by atoms with Gasteiger partial charge in [0.2, 0.25) is 0 Å². The highest BCUT2D eigenvalue weighted by molar-refractivity contribution is 5.98. The molecule has 0 atom stereocenters. The molecular formula is C19H23NO4. The highest BCUT2D eigenvalue weighted by Gasteiger charge is 2.35. The van der Waals surface area contributed by atoms with Crippen LogP contribution in [0.5, 0.6) is 0 Å². The van der Waals surface area contributed by atoms with E-state index in [0.717, 1.165) is 16.7 Å². The number of ether oxygens (including phenoxy) is 2. The third-order valence-corrected chi connectivity index (χ3v) is 4.18. The molecule has 128 valence electrons. The van der Waals surface area contributed by atoms with E-state index in [4.69, 9.17) is 9.47 Å². The van der Waals surface area contributed by atoms with Crippen molar-refractivity contribution in [2.75, 3.05) is 20.8 Å². The van der Waals surface area contributed by atoms with Gasteiger partial charge in [-0.2, -0.15) is 0 Å². The fraction of sp³-hybridized carbons (Fsp3) is 0.368. The van der Waals surface area contributed by atoms with Crippen LogP contribution in [0.2, 0.25) is 0 Å². The quantitative estimate of drug-likeness (QED) is 0.795. The molecule has 0 aromatic heterocycles. The monoisotopic (exact) mass is 329 g/mol. The Morgan fingerprint density at radius 1 is 1.04 bits per heavy atom. The van der Waals surface area contributed by atoms with Crippen LogP contribution >= 0.6 is 0 Å². The molecule has 0 unspecified atom stereocenters. The first-order valence-corrected chi connectivity index (χ1v) is 7.85. The maximum atomic E-state index is 12.4. The number of esters is 2. The van der Waals surface area contributed by atoms with Crippen molar-refractivity contribution in [3.05, 3.63) is 58.4 Å². The van der Waals surface area contributed by atoms with Crippen molar-refractivity contribution in [2.24, 2.45) is 0 Å². The molecule has 5 heteroatoms. The van der Waals surface area contributed by atoms with Gasteiger partial charge in [0.25, 0.3) is 0 Å². The number of aryl methyl sites for hydroxylation is 2. The summed E-state index contributed by atoms with van der Waals surface area (Å²) in [6.07, 6.45) is 3.48. The van der Waals surface area contributed by atoms with Crippen molar-refractivity contribution in [3.63, 3.8) is 0 Å². The lowest BCUT2D eigenvalue weighted by Gasteiger charge is -2.30. The predicted molar refractivity (Wildman–Crippen MR) is 91.2 cm³/mol. The number of methoxy groups -OCH3 is 2. The van der Waals surface area contributed by atoms with Gasteiger partial charge in [0, 0.05) is 18.9 Å². The summed E-state index contributed by atoms with van der Waals surface area (Å²) in [7, 11) is 2.69. The lowest BCUT2D eigenvalue weighted by molar-refractivity contribution is -0.137. The maximum absolute atomic E-state index is 12.4. The summed E-state index contributed by atoms with van der Waals surface area (Å²) in [5.74, 6) is -1.41. The average Bonchev–Trinajstić information content (AvgIpc) is 2.61. The molecule has 0 bridgehead atoms. The number of benzene rings is 1. The smallest absolute Gasteiger partial charge is 0.336 e. The molecule has 0 saturated carbocycles. The van der Waals surface area contributed by atoms with E-state index in [2.05, 4.69) is 0 Å². The van der Waals surface area contributed by atoms with Gasteiger partial charge in [0.1, 0.15) is 0 Å². The number of rotatable bonds is 4. The van der Waals surface area contributed by atoms with Gasteiger partial charge < -0.3 is 14.4 Å². The maximum Gasteiger partial charge on any atom is 0.336 e. The molecular weight excluding hydrogens is 306 g/mol. The third kappa shape index (κ3) is 3.35. The molecule has 0 saturated heterocycles. The zero-order valence-corrected chi connectivity index (χ0v) is 14.8. The lowest BCUT2D eigenvalue weighted by Crippen LogP contribution is -2.29. The second kappa shape index (κ2) is 7.34. The van der Waals surface area contributed by atoms with Crippen LogP contribution in [0.25, 0.3) is 0 Å². The third-order valence-electron chi connectivity index (χ3n) is 4.18. The topological polar surface area (TPSA) is 55.8 Å². The molecule has 24 heavy (non-hydrogen) atoms. The van der Waals surface area contributed by atoms with E-state index in [1.165, 1.54) is 14.2 Å². The minimum Gasteiger partial charge on any atom is -0.466 e. The molecule has 0 amide bonds. The van der Waals surface area contributed by atoms with Gasteiger partial charge in [-0.25, -0.2) is 9.59 Å². The van der Waals surface area contributed by atoms with Gasteiger partial charge in [0.15, 0.2) is 0 Å². The molecule has 2 rings (SSSR count). The van der Waals surface area contributed by atoms with E-state index in [9.17, 15) is 9.59 Å². The Balaban J connectivity index is 2.67. The first-order chi connectivity index (χ1) is 11.4. The van der Waals surface area contributed by atoms with Crippen LogP contribution in [-0.4, -0.2) is 37.6 Å². The summed E-state index contributed by atoms with van der Waals surface area (Å²) in [5, 5.41) is 0. The van der Waals surface area contributed by atoms with Crippen molar-refractivity contribution in [2.45, 2.75) is 26.7 Å². The Kier molecular flexibility index (Phi) is 5.44. The van der Waals surface area contributed by atoms with Crippen molar-refractivity contribution >= 4 is 11.9 Å². The van der Waals surface area contributed by atoms with Crippen molar-refractivity contribution in [3.8, 4) is 0 Å². The average molecular weight is 329 g/mol. The zero-order chi connectivity index (χ0) is 17.9.